The number of rotatable bonds is 4. The molecule has 0 aromatic rings. The molecule has 3 N–H and O–H groups in total. The minimum atomic E-state index is -0.383. The van der Waals surface area contributed by atoms with Crippen LogP contribution in [-0.2, 0) is 4.79 Å². The minimum Gasteiger partial charge on any atom is -0.354 e. The number of carbonyl (C=O) groups is 1. The summed E-state index contributed by atoms with van der Waals surface area (Å²) < 4.78 is 0. The molecule has 1 saturated carbocycles. The predicted molar refractivity (Wildman–Crippen MR) is 59.4 cm³/mol. The molecule has 1 aliphatic heterocycles. The maximum Gasteiger partial charge on any atom is 0.236 e. The number of carbonyl (C=O) groups excluding carboxylic acids is 1. The Kier molecular flexibility index (Phi) is 3.26. The summed E-state index contributed by atoms with van der Waals surface area (Å²) in [5, 5.41) is 2.91. The number of nitrogens with zero attached hydrogens (tertiary/aromatic N) is 1. The Balaban J connectivity index is 1.66. The highest BCUT2D eigenvalue weighted by atomic mass is 16.2. The zero-order chi connectivity index (χ0) is 10.8. The molecular formula is C11H21N3O. The molecule has 2 aliphatic rings. The lowest BCUT2D eigenvalue weighted by molar-refractivity contribution is -0.122. The van der Waals surface area contributed by atoms with Crippen molar-refractivity contribution < 1.29 is 4.79 Å². The quantitative estimate of drug-likeness (QED) is 0.684. The van der Waals surface area contributed by atoms with Gasteiger partial charge in [0.15, 0.2) is 0 Å². The molecule has 2 atom stereocenters. The minimum absolute atomic E-state index is 0.0279. The number of hydrogen-bond donors (Lipinski definition) is 2. The Hall–Kier alpha value is -0.610. The average molecular weight is 211 g/mol. The van der Waals surface area contributed by atoms with Gasteiger partial charge in [-0.25, -0.2) is 0 Å². The van der Waals surface area contributed by atoms with E-state index in [4.69, 9.17) is 5.73 Å². The molecule has 0 aromatic heterocycles. The van der Waals surface area contributed by atoms with E-state index in [1.54, 1.807) is 6.92 Å². The highest BCUT2D eigenvalue weighted by Crippen LogP contribution is 2.31. The topological polar surface area (TPSA) is 58.4 Å². The van der Waals surface area contributed by atoms with Gasteiger partial charge in [-0.1, -0.05) is 0 Å². The molecule has 1 amide bonds. The summed E-state index contributed by atoms with van der Waals surface area (Å²) >= 11 is 0. The van der Waals surface area contributed by atoms with E-state index >= 15 is 0 Å². The Morgan fingerprint density at radius 1 is 1.53 bits per heavy atom. The van der Waals surface area contributed by atoms with Gasteiger partial charge in [-0.3, -0.25) is 4.79 Å². The molecule has 0 spiro atoms. The first-order valence-corrected chi connectivity index (χ1v) is 5.94. The van der Waals surface area contributed by atoms with Crippen molar-refractivity contribution in [2.24, 2.45) is 11.7 Å². The van der Waals surface area contributed by atoms with Gasteiger partial charge in [0.2, 0.25) is 5.91 Å². The third-order valence-corrected chi connectivity index (χ3v) is 3.36. The lowest BCUT2D eigenvalue weighted by atomic mass is 10.1. The summed E-state index contributed by atoms with van der Waals surface area (Å²) in [7, 11) is 0. The number of nitrogens with one attached hydrogen (secondary N) is 1. The van der Waals surface area contributed by atoms with E-state index in [1.165, 1.54) is 25.8 Å². The van der Waals surface area contributed by atoms with Gasteiger partial charge >= 0.3 is 0 Å². The standard InChI is InChI=1S/C11H21N3O/c1-8(12)11(15)13-6-9-4-5-14(7-9)10-2-3-10/h8-10H,2-7,12H2,1H3,(H,13,15). The molecule has 0 radical (unpaired) electrons. The number of hydrogen-bond acceptors (Lipinski definition) is 3. The van der Waals surface area contributed by atoms with E-state index in [2.05, 4.69) is 10.2 Å². The van der Waals surface area contributed by atoms with E-state index in [9.17, 15) is 4.79 Å². The van der Waals surface area contributed by atoms with Crippen LogP contribution < -0.4 is 11.1 Å². The van der Waals surface area contributed by atoms with Crippen LogP contribution in [0.15, 0.2) is 0 Å². The summed E-state index contributed by atoms with van der Waals surface area (Å²) in [5.41, 5.74) is 5.48. The molecule has 1 saturated heterocycles. The van der Waals surface area contributed by atoms with Crippen molar-refractivity contribution in [2.75, 3.05) is 19.6 Å². The van der Waals surface area contributed by atoms with Crippen molar-refractivity contribution in [3.63, 3.8) is 0 Å². The molecule has 4 heteroatoms. The zero-order valence-electron chi connectivity index (χ0n) is 9.41. The van der Waals surface area contributed by atoms with Crippen LogP contribution in [0.25, 0.3) is 0 Å². The summed E-state index contributed by atoms with van der Waals surface area (Å²) in [4.78, 5) is 13.8. The van der Waals surface area contributed by atoms with Gasteiger partial charge in [0.25, 0.3) is 0 Å². The molecule has 15 heavy (non-hydrogen) atoms. The van der Waals surface area contributed by atoms with E-state index < -0.39 is 0 Å². The van der Waals surface area contributed by atoms with Gasteiger partial charge in [0.1, 0.15) is 0 Å². The fourth-order valence-corrected chi connectivity index (χ4v) is 2.21. The molecule has 4 nitrogen and oxygen atoms in total. The maximum atomic E-state index is 11.3. The van der Waals surface area contributed by atoms with Gasteiger partial charge in [0, 0.05) is 19.1 Å². The van der Waals surface area contributed by atoms with E-state index in [1.807, 2.05) is 0 Å². The number of amides is 1. The molecule has 1 aliphatic carbocycles. The number of likely N-dealkylation sites (tertiary alicyclic amines) is 1. The number of nitrogens with two attached hydrogens (primary N) is 1. The first-order valence-electron chi connectivity index (χ1n) is 5.94. The van der Waals surface area contributed by atoms with Crippen molar-refractivity contribution >= 4 is 5.91 Å². The first kappa shape index (κ1) is 10.9. The summed E-state index contributed by atoms with van der Waals surface area (Å²) in [5.74, 6) is 0.605. The maximum absolute atomic E-state index is 11.3. The van der Waals surface area contributed by atoms with Crippen molar-refractivity contribution in [1.29, 1.82) is 0 Å². The molecule has 1 heterocycles. The average Bonchev–Trinajstić information content (AvgIpc) is 2.95. The Morgan fingerprint density at radius 2 is 2.27 bits per heavy atom. The molecular weight excluding hydrogens is 190 g/mol. The fourth-order valence-electron chi connectivity index (χ4n) is 2.21. The largest absolute Gasteiger partial charge is 0.354 e. The van der Waals surface area contributed by atoms with Crippen LogP contribution in [0.3, 0.4) is 0 Å². The molecule has 2 fully saturated rings. The third-order valence-electron chi connectivity index (χ3n) is 3.36. The SMILES string of the molecule is CC(N)C(=O)NCC1CCN(C2CC2)C1. The van der Waals surface area contributed by atoms with Crippen molar-refractivity contribution in [1.82, 2.24) is 10.2 Å². The second-order valence-electron chi connectivity index (χ2n) is 4.91. The molecule has 0 bridgehead atoms. The normalized spacial score (nSPS) is 29.1. The first-order chi connectivity index (χ1) is 7.16. The summed E-state index contributed by atoms with van der Waals surface area (Å²) in [6.07, 6.45) is 3.97. The van der Waals surface area contributed by atoms with Gasteiger partial charge in [-0.05, 0) is 38.6 Å². The van der Waals surface area contributed by atoms with E-state index in [0.717, 1.165) is 19.1 Å². The van der Waals surface area contributed by atoms with Crippen molar-refractivity contribution in [2.45, 2.75) is 38.3 Å². The summed E-state index contributed by atoms with van der Waals surface area (Å²) in [6, 6.07) is 0.477. The Morgan fingerprint density at radius 3 is 2.87 bits per heavy atom. The van der Waals surface area contributed by atoms with Crippen LogP contribution in [0.2, 0.25) is 0 Å². The third kappa shape index (κ3) is 2.92. The zero-order valence-corrected chi connectivity index (χ0v) is 9.41. The van der Waals surface area contributed by atoms with Crippen LogP contribution in [0.4, 0.5) is 0 Å². The van der Waals surface area contributed by atoms with Crippen LogP contribution in [-0.4, -0.2) is 42.5 Å². The van der Waals surface area contributed by atoms with Crippen LogP contribution in [0, 0.1) is 5.92 Å². The van der Waals surface area contributed by atoms with E-state index in [-0.39, 0.29) is 11.9 Å². The van der Waals surface area contributed by atoms with Crippen molar-refractivity contribution in [3.05, 3.63) is 0 Å². The molecule has 86 valence electrons. The van der Waals surface area contributed by atoms with Crippen LogP contribution in [0.5, 0.6) is 0 Å². The molecule has 0 aromatic carbocycles. The Bertz CT molecular complexity index is 238. The highest BCUT2D eigenvalue weighted by molar-refractivity contribution is 5.80. The van der Waals surface area contributed by atoms with Gasteiger partial charge < -0.3 is 16.0 Å². The second-order valence-corrected chi connectivity index (χ2v) is 4.91. The van der Waals surface area contributed by atoms with E-state index in [0.29, 0.717) is 5.92 Å². The summed E-state index contributed by atoms with van der Waals surface area (Å²) in [6.45, 7) is 4.89. The molecule has 2 unspecified atom stereocenters. The van der Waals surface area contributed by atoms with Gasteiger partial charge in [-0.2, -0.15) is 0 Å². The second kappa shape index (κ2) is 4.49. The monoisotopic (exact) mass is 211 g/mol. The highest BCUT2D eigenvalue weighted by Gasteiger charge is 2.34. The van der Waals surface area contributed by atoms with Crippen molar-refractivity contribution in [3.8, 4) is 0 Å². The van der Waals surface area contributed by atoms with Gasteiger partial charge in [-0.15, -0.1) is 0 Å². The Labute approximate surface area is 91.2 Å². The van der Waals surface area contributed by atoms with Gasteiger partial charge in [0.05, 0.1) is 6.04 Å². The lowest BCUT2D eigenvalue weighted by Gasteiger charge is -2.15. The fraction of sp³-hybridized carbons (Fsp3) is 0.909. The smallest absolute Gasteiger partial charge is 0.236 e. The molecule has 2 rings (SSSR count). The predicted octanol–water partition coefficient (Wildman–Crippen LogP) is -0.0659. The van der Waals surface area contributed by atoms with Crippen LogP contribution >= 0.6 is 0 Å². The lowest BCUT2D eigenvalue weighted by Crippen LogP contribution is -2.40. The van der Waals surface area contributed by atoms with Crippen LogP contribution in [0.1, 0.15) is 26.2 Å².